The fourth-order valence-electron chi connectivity index (χ4n) is 1.47. The van der Waals surface area contributed by atoms with E-state index in [0.29, 0.717) is 0 Å². The van der Waals surface area contributed by atoms with Crippen molar-refractivity contribution in [2.24, 2.45) is 11.3 Å². The summed E-state index contributed by atoms with van der Waals surface area (Å²) in [7, 11) is 0. The predicted octanol–water partition coefficient (Wildman–Crippen LogP) is -1.28. The second kappa shape index (κ2) is 5.77. The second-order valence-corrected chi connectivity index (χ2v) is 4.89. The Balaban J connectivity index is 4.58. The minimum Gasteiger partial charge on any atom is -0.396 e. The van der Waals surface area contributed by atoms with Crippen molar-refractivity contribution in [3.8, 4) is 0 Å². The summed E-state index contributed by atoms with van der Waals surface area (Å²) in [6.07, 6.45) is -4.11. The highest BCUT2D eigenvalue weighted by Crippen LogP contribution is 2.30. The highest BCUT2D eigenvalue weighted by atomic mass is 16.4. The Bertz CT molecular complexity index is 177. The van der Waals surface area contributed by atoms with Gasteiger partial charge in [-0.3, -0.25) is 0 Å². The SMILES string of the molecule is CC(C)(C)C(CO)[C@@H](O)[C@H](O)[C@H](O)CO. The molecule has 0 saturated heterocycles. The molecule has 0 saturated carbocycles. The number of hydrogen-bond acceptors (Lipinski definition) is 5. The molecular weight excluding hydrogens is 200 g/mol. The van der Waals surface area contributed by atoms with Crippen LogP contribution in [0.1, 0.15) is 20.8 Å². The van der Waals surface area contributed by atoms with Crippen LogP contribution in [0.3, 0.4) is 0 Å². The Hall–Kier alpha value is -0.200. The molecule has 0 aliphatic rings. The lowest BCUT2D eigenvalue weighted by atomic mass is 9.76. The Morgan fingerprint density at radius 1 is 0.867 bits per heavy atom. The maximum Gasteiger partial charge on any atom is 0.108 e. The largest absolute Gasteiger partial charge is 0.396 e. The summed E-state index contributed by atoms with van der Waals surface area (Å²) in [5.41, 5.74) is -0.398. The molecular formula is C10H22O5. The second-order valence-electron chi connectivity index (χ2n) is 4.89. The van der Waals surface area contributed by atoms with Crippen molar-refractivity contribution < 1.29 is 25.5 Å². The van der Waals surface area contributed by atoms with Crippen LogP contribution in [0.5, 0.6) is 0 Å². The summed E-state index contributed by atoms with van der Waals surface area (Å²) >= 11 is 0. The van der Waals surface area contributed by atoms with E-state index < -0.39 is 36.3 Å². The van der Waals surface area contributed by atoms with Crippen LogP contribution in [0.15, 0.2) is 0 Å². The fraction of sp³-hybridized carbons (Fsp3) is 1.00. The first-order chi connectivity index (χ1) is 6.75. The summed E-state index contributed by atoms with van der Waals surface area (Å²) in [6, 6.07) is 0. The first-order valence-electron chi connectivity index (χ1n) is 5.01. The molecule has 0 radical (unpaired) electrons. The lowest BCUT2D eigenvalue weighted by molar-refractivity contribution is -0.119. The van der Waals surface area contributed by atoms with Crippen LogP contribution in [0.4, 0.5) is 0 Å². The van der Waals surface area contributed by atoms with Gasteiger partial charge in [-0.1, -0.05) is 20.8 Å². The van der Waals surface area contributed by atoms with Gasteiger partial charge in [-0.25, -0.2) is 0 Å². The van der Waals surface area contributed by atoms with Gasteiger partial charge in [0.1, 0.15) is 12.2 Å². The summed E-state index contributed by atoms with van der Waals surface area (Å²) < 4.78 is 0. The average Bonchev–Trinajstić information content (AvgIpc) is 2.14. The molecule has 5 nitrogen and oxygen atoms in total. The van der Waals surface area contributed by atoms with Crippen LogP contribution in [-0.4, -0.2) is 57.1 Å². The summed E-state index contributed by atoms with van der Waals surface area (Å²) in [5, 5.41) is 46.1. The molecule has 0 aromatic carbocycles. The van der Waals surface area contributed by atoms with Crippen LogP contribution >= 0.6 is 0 Å². The lowest BCUT2D eigenvalue weighted by Gasteiger charge is -2.36. The molecule has 1 unspecified atom stereocenters. The number of rotatable bonds is 5. The number of hydrogen-bond donors (Lipinski definition) is 5. The molecule has 0 aromatic heterocycles. The molecule has 0 rings (SSSR count). The average molecular weight is 222 g/mol. The van der Waals surface area contributed by atoms with Crippen LogP contribution in [0.25, 0.3) is 0 Å². The van der Waals surface area contributed by atoms with E-state index in [2.05, 4.69) is 0 Å². The maximum absolute atomic E-state index is 9.73. The molecule has 5 heteroatoms. The zero-order chi connectivity index (χ0) is 12.2. The highest BCUT2D eigenvalue weighted by Gasteiger charge is 2.37. The van der Waals surface area contributed by atoms with Gasteiger partial charge < -0.3 is 25.5 Å². The molecule has 92 valence electrons. The van der Waals surface area contributed by atoms with Gasteiger partial charge >= 0.3 is 0 Å². The lowest BCUT2D eigenvalue weighted by Crippen LogP contribution is -2.48. The van der Waals surface area contributed by atoms with Gasteiger partial charge in [0.15, 0.2) is 0 Å². The van der Waals surface area contributed by atoms with Crippen LogP contribution in [-0.2, 0) is 0 Å². The Morgan fingerprint density at radius 3 is 1.60 bits per heavy atom. The van der Waals surface area contributed by atoms with Gasteiger partial charge in [0, 0.05) is 12.5 Å². The zero-order valence-corrected chi connectivity index (χ0v) is 9.46. The molecule has 0 aliphatic heterocycles. The van der Waals surface area contributed by atoms with E-state index in [9.17, 15) is 10.2 Å². The zero-order valence-electron chi connectivity index (χ0n) is 9.46. The van der Waals surface area contributed by atoms with Gasteiger partial charge in [0.2, 0.25) is 0 Å². The molecule has 4 atom stereocenters. The van der Waals surface area contributed by atoms with Gasteiger partial charge in [-0.15, -0.1) is 0 Å². The van der Waals surface area contributed by atoms with Gasteiger partial charge in [-0.05, 0) is 5.41 Å². The molecule has 0 spiro atoms. The van der Waals surface area contributed by atoms with Crippen molar-refractivity contribution in [1.82, 2.24) is 0 Å². The molecule has 0 bridgehead atoms. The Kier molecular flexibility index (Phi) is 5.69. The van der Waals surface area contributed by atoms with E-state index in [1.54, 1.807) is 0 Å². The van der Waals surface area contributed by atoms with E-state index in [4.69, 9.17) is 15.3 Å². The predicted molar refractivity (Wildman–Crippen MR) is 55.1 cm³/mol. The Labute approximate surface area is 90.0 Å². The van der Waals surface area contributed by atoms with E-state index in [0.717, 1.165) is 0 Å². The topological polar surface area (TPSA) is 101 Å². The van der Waals surface area contributed by atoms with Gasteiger partial charge in [-0.2, -0.15) is 0 Å². The molecule has 0 aliphatic carbocycles. The Morgan fingerprint density at radius 2 is 1.33 bits per heavy atom. The minimum absolute atomic E-state index is 0.292. The molecule has 0 amide bonds. The first kappa shape index (κ1) is 14.8. The van der Waals surface area contributed by atoms with Crippen molar-refractivity contribution in [1.29, 1.82) is 0 Å². The van der Waals surface area contributed by atoms with E-state index >= 15 is 0 Å². The standard InChI is InChI=1S/C10H22O5/c1-10(2,3)6(4-11)8(14)9(15)7(13)5-12/h6-9,11-15H,4-5H2,1-3H3/t6?,7-,8-,9-/m1/s1. The van der Waals surface area contributed by atoms with E-state index in [1.165, 1.54) is 0 Å². The quantitative estimate of drug-likeness (QED) is 0.399. The van der Waals surface area contributed by atoms with Crippen molar-refractivity contribution in [2.45, 2.75) is 39.1 Å². The third kappa shape index (κ3) is 4.04. The van der Waals surface area contributed by atoms with E-state index in [-0.39, 0.29) is 6.61 Å². The maximum atomic E-state index is 9.73. The monoisotopic (exact) mass is 222 g/mol. The van der Waals surface area contributed by atoms with Crippen LogP contribution in [0.2, 0.25) is 0 Å². The highest BCUT2D eigenvalue weighted by molar-refractivity contribution is 4.86. The number of aliphatic hydroxyl groups is 5. The van der Waals surface area contributed by atoms with E-state index in [1.807, 2.05) is 20.8 Å². The normalized spacial score (nSPS) is 20.8. The molecule has 0 fully saturated rings. The summed E-state index contributed by atoms with van der Waals surface area (Å²) in [5.74, 6) is -0.561. The molecule has 0 heterocycles. The van der Waals surface area contributed by atoms with Crippen LogP contribution < -0.4 is 0 Å². The van der Waals surface area contributed by atoms with Crippen molar-refractivity contribution in [3.63, 3.8) is 0 Å². The summed E-state index contributed by atoms with van der Waals surface area (Å²) in [4.78, 5) is 0. The minimum atomic E-state index is -1.45. The van der Waals surface area contributed by atoms with Crippen molar-refractivity contribution >= 4 is 0 Å². The molecule has 5 N–H and O–H groups in total. The first-order valence-corrected chi connectivity index (χ1v) is 5.01. The fourth-order valence-corrected chi connectivity index (χ4v) is 1.47. The van der Waals surface area contributed by atoms with Gasteiger partial charge in [0.25, 0.3) is 0 Å². The van der Waals surface area contributed by atoms with Crippen molar-refractivity contribution in [2.75, 3.05) is 13.2 Å². The van der Waals surface area contributed by atoms with Gasteiger partial charge in [0.05, 0.1) is 12.7 Å². The molecule has 15 heavy (non-hydrogen) atoms. The molecule has 0 aromatic rings. The van der Waals surface area contributed by atoms with Crippen molar-refractivity contribution in [3.05, 3.63) is 0 Å². The smallest absolute Gasteiger partial charge is 0.108 e. The third-order valence-electron chi connectivity index (χ3n) is 2.65. The number of aliphatic hydroxyl groups excluding tert-OH is 5. The third-order valence-corrected chi connectivity index (χ3v) is 2.65. The summed E-state index contributed by atoms with van der Waals surface area (Å²) in [6.45, 7) is 4.53. The van der Waals surface area contributed by atoms with Crippen LogP contribution in [0, 0.1) is 11.3 Å².